The summed E-state index contributed by atoms with van der Waals surface area (Å²) in [6.07, 6.45) is 1.00. The summed E-state index contributed by atoms with van der Waals surface area (Å²) in [5, 5.41) is 20.0. The molecule has 4 rings (SSSR count). The third-order valence-corrected chi connectivity index (χ3v) is 5.93. The smallest absolute Gasteiger partial charge is 0.273 e. The first-order chi connectivity index (χ1) is 15.5. The van der Waals surface area contributed by atoms with Crippen molar-refractivity contribution in [1.82, 2.24) is 15.1 Å². The number of amides is 1. The van der Waals surface area contributed by atoms with E-state index in [1.807, 2.05) is 12.1 Å². The van der Waals surface area contributed by atoms with E-state index in [0.29, 0.717) is 37.3 Å². The number of hydrogen-bond acceptors (Lipinski definition) is 6. The van der Waals surface area contributed by atoms with Crippen molar-refractivity contribution in [3.8, 4) is 11.3 Å². The molecule has 32 heavy (non-hydrogen) atoms. The number of carbonyl (C=O) groups is 1. The lowest BCUT2D eigenvalue weighted by molar-refractivity contribution is -0.385. The minimum atomic E-state index is -0.454. The molecule has 0 radical (unpaired) electrons. The number of rotatable bonds is 5. The molecular formula is C24H25N5O3. The van der Waals surface area contributed by atoms with E-state index < -0.39 is 4.92 Å². The molecule has 1 saturated heterocycles. The molecule has 164 valence electrons. The van der Waals surface area contributed by atoms with Crippen molar-refractivity contribution in [2.24, 2.45) is 0 Å². The molecule has 1 aliphatic rings. The third kappa shape index (κ3) is 4.30. The van der Waals surface area contributed by atoms with Gasteiger partial charge in [0.25, 0.3) is 11.6 Å². The highest BCUT2D eigenvalue weighted by Gasteiger charge is 2.26. The fourth-order valence-electron chi connectivity index (χ4n) is 3.92. The Labute approximate surface area is 186 Å². The predicted octanol–water partition coefficient (Wildman–Crippen LogP) is 3.89. The van der Waals surface area contributed by atoms with Gasteiger partial charge in [0.05, 0.1) is 10.6 Å². The summed E-state index contributed by atoms with van der Waals surface area (Å²) in [5.41, 5.74) is 3.89. The van der Waals surface area contributed by atoms with Crippen LogP contribution in [0.3, 0.4) is 0 Å². The van der Waals surface area contributed by atoms with Gasteiger partial charge in [-0.1, -0.05) is 37.3 Å². The summed E-state index contributed by atoms with van der Waals surface area (Å²) < 4.78 is 0. The molecule has 1 amide bonds. The number of carbonyl (C=O) groups excluding carboxylic acids is 1. The molecule has 2 aromatic carbocycles. The molecule has 8 heteroatoms. The van der Waals surface area contributed by atoms with Gasteiger partial charge in [-0.05, 0) is 37.1 Å². The number of nitro groups is 1. The van der Waals surface area contributed by atoms with Gasteiger partial charge in [-0.25, -0.2) is 0 Å². The maximum atomic E-state index is 12.9. The van der Waals surface area contributed by atoms with Crippen LogP contribution < -0.4 is 4.90 Å². The van der Waals surface area contributed by atoms with E-state index in [0.717, 1.165) is 23.5 Å². The molecule has 0 bridgehead atoms. The van der Waals surface area contributed by atoms with Gasteiger partial charge in [0.2, 0.25) is 0 Å². The lowest BCUT2D eigenvalue weighted by Gasteiger charge is -2.35. The molecule has 0 saturated carbocycles. The second-order valence-corrected chi connectivity index (χ2v) is 7.81. The number of hydrogen-bond donors (Lipinski definition) is 0. The number of anilines is 1. The Morgan fingerprint density at radius 3 is 2.31 bits per heavy atom. The van der Waals surface area contributed by atoms with Crippen LogP contribution >= 0.6 is 0 Å². The molecule has 1 aromatic heterocycles. The highest BCUT2D eigenvalue weighted by Crippen LogP contribution is 2.24. The van der Waals surface area contributed by atoms with E-state index in [2.05, 4.69) is 46.3 Å². The number of piperazine rings is 1. The third-order valence-electron chi connectivity index (χ3n) is 5.93. The minimum Gasteiger partial charge on any atom is -0.352 e. The van der Waals surface area contributed by atoms with Gasteiger partial charge < -0.3 is 9.80 Å². The summed E-state index contributed by atoms with van der Waals surface area (Å²) in [6.45, 7) is 6.03. The van der Waals surface area contributed by atoms with Crippen molar-refractivity contribution in [2.45, 2.75) is 20.3 Å². The zero-order chi connectivity index (χ0) is 22.7. The molecule has 1 fully saturated rings. The molecule has 1 aliphatic heterocycles. The summed E-state index contributed by atoms with van der Waals surface area (Å²) in [5.74, 6) is 0.598. The van der Waals surface area contributed by atoms with Gasteiger partial charge in [0.1, 0.15) is 0 Å². The quantitative estimate of drug-likeness (QED) is 0.450. The fraction of sp³-hybridized carbons (Fsp3) is 0.292. The van der Waals surface area contributed by atoms with E-state index in [1.165, 1.54) is 11.6 Å². The van der Waals surface area contributed by atoms with Crippen molar-refractivity contribution in [1.29, 1.82) is 0 Å². The molecular weight excluding hydrogens is 406 g/mol. The lowest BCUT2D eigenvalue weighted by Crippen LogP contribution is -2.49. The first kappa shape index (κ1) is 21.4. The normalized spacial score (nSPS) is 13.8. The summed E-state index contributed by atoms with van der Waals surface area (Å²) in [6, 6.07) is 16.9. The van der Waals surface area contributed by atoms with Crippen LogP contribution in [-0.2, 0) is 6.42 Å². The molecule has 3 aromatic rings. The zero-order valence-electron chi connectivity index (χ0n) is 18.2. The van der Waals surface area contributed by atoms with Crippen LogP contribution in [0.15, 0.2) is 54.6 Å². The van der Waals surface area contributed by atoms with Gasteiger partial charge in [-0.2, -0.15) is 0 Å². The second kappa shape index (κ2) is 9.13. The van der Waals surface area contributed by atoms with Crippen molar-refractivity contribution >= 4 is 17.4 Å². The first-order valence-electron chi connectivity index (χ1n) is 10.7. The predicted molar refractivity (Wildman–Crippen MR) is 123 cm³/mol. The van der Waals surface area contributed by atoms with E-state index in [-0.39, 0.29) is 11.6 Å². The molecule has 0 unspecified atom stereocenters. The average Bonchev–Trinajstić information content (AvgIpc) is 2.84. The van der Waals surface area contributed by atoms with Crippen molar-refractivity contribution in [3.05, 3.63) is 81.4 Å². The standard InChI is InChI=1S/C24H25N5O3/c1-3-18-7-9-19(10-8-18)21-11-12-23(26-25-21)27-13-15-28(16-14-27)24(30)20-5-4-6-22(17(20)2)29(31)32/h4-12H,3,13-16H2,1-2H3. The molecule has 0 aliphatic carbocycles. The summed E-state index contributed by atoms with van der Waals surface area (Å²) >= 11 is 0. The molecule has 0 atom stereocenters. The molecule has 8 nitrogen and oxygen atoms in total. The largest absolute Gasteiger partial charge is 0.352 e. The monoisotopic (exact) mass is 431 g/mol. The van der Waals surface area contributed by atoms with Gasteiger partial charge in [0, 0.05) is 48.9 Å². The Hall–Kier alpha value is -3.81. The Morgan fingerprint density at radius 1 is 1.00 bits per heavy atom. The Bertz CT molecular complexity index is 1120. The maximum absolute atomic E-state index is 12.9. The van der Waals surface area contributed by atoms with Crippen molar-refractivity contribution in [2.75, 3.05) is 31.1 Å². The van der Waals surface area contributed by atoms with Gasteiger partial charge >= 0.3 is 0 Å². The average molecular weight is 431 g/mol. The van der Waals surface area contributed by atoms with Crippen LogP contribution in [0.5, 0.6) is 0 Å². The van der Waals surface area contributed by atoms with Gasteiger partial charge in [-0.3, -0.25) is 14.9 Å². The Balaban J connectivity index is 1.41. The van der Waals surface area contributed by atoms with E-state index in [9.17, 15) is 14.9 Å². The van der Waals surface area contributed by atoms with Crippen LogP contribution in [0.4, 0.5) is 11.5 Å². The number of benzene rings is 2. The number of nitro benzene ring substituents is 1. The minimum absolute atomic E-state index is 0.0332. The van der Waals surface area contributed by atoms with Crippen LogP contribution in [0.1, 0.15) is 28.4 Å². The van der Waals surface area contributed by atoms with Crippen molar-refractivity contribution in [3.63, 3.8) is 0 Å². The zero-order valence-corrected chi connectivity index (χ0v) is 18.2. The van der Waals surface area contributed by atoms with Gasteiger partial charge in [0.15, 0.2) is 5.82 Å². The second-order valence-electron chi connectivity index (χ2n) is 7.81. The van der Waals surface area contributed by atoms with Gasteiger partial charge in [-0.15, -0.1) is 10.2 Å². The summed E-state index contributed by atoms with van der Waals surface area (Å²) in [4.78, 5) is 27.5. The van der Waals surface area contributed by atoms with E-state index in [1.54, 1.807) is 24.0 Å². The lowest BCUT2D eigenvalue weighted by atomic mass is 10.1. The molecule has 0 spiro atoms. The van der Waals surface area contributed by atoms with Crippen LogP contribution in [0.25, 0.3) is 11.3 Å². The first-order valence-corrected chi connectivity index (χ1v) is 10.7. The molecule has 2 heterocycles. The molecule has 0 N–H and O–H groups in total. The fourth-order valence-corrected chi connectivity index (χ4v) is 3.92. The van der Waals surface area contributed by atoms with Crippen LogP contribution in [0.2, 0.25) is 0 Å². The topological polar surface area (TPSA) is 92.5 Å². The van der Waals surface area contributed by atoms with Crippen LogP contribution in [0, 0.1) is 17.0 Å². The van der Waals surface area contributed by atoms with Crippen LogP contribution in [-0.4, -0.2) is 52.1 Å². The summed E-state index contributed by atoms with van der Waals surface area (Å²) in [7, 11) is 0. The van der Waals surface area contributed by atoms with E-state index in [4.69, 9.17) is 0 Å². The van der Waals surface area contributed by atoms with E-state index >= 15 is 0 Å². The highest BCUT2D eigenvalue weighted by molar-refractivity contribution is 5.96. The Kier molecular flexibility index (Phi) is 6.11. The number of nitrogens with zero attached hydrogens (tertiary/aromatic N) is 5. The Morgan fingerprint density at radius 2 is 1.72 bits per heavy atom. The SMILES string of the molecule is CCc1ccc(-c2ccc(N3CCN(C(=O)c4cccc([N+](=O)[O-])c4C)CC3)nn2)cc1. The number of aromatic nitrogens is 2. The highest BCUT2D eigenvalue weighted by atomic mass is 16.6. The maximum Gasteiger partial charge on any atom is 0.273 e. The van der Waals surface area contributed by atoms with Crippen molar-refractivity contribution < 1.29 is 9.72 Å². The number of aryl methyl sites for hydroxylation is 1.